The Morgan fingerprint density at radius 2 is 1.95 bits per heavy atom. The number of hydrogen-bond acceptors (Lipinski definition) is 2. The molecule has 2 N–H and O–H groups in total. The molecule has 1 aliphatic carbocycles. The van der Waals surface area contributed by atoms with Crippen molar-refractivity contribution in [3.05, 3.63) is 40.7 Å². The van der Waals surface area contributed by atoms with Crippen molar-refractivity contribution >= 4 is 5.69 Å². The van der Waals surface area contributed by atoms with Gasteiger partial charge in [0.2, 0.25) is 0 Å². The van der Waals surface area contributed by atoms with Crippen molar-refractivity contribution in [1.29, 1.82) is 0 Å². The first-order valence-corrected chi connectivity index (χ1v) is 7.87. The maximum atomic E-state index is 7.37. The molecule has 0 amide bonds. The van der Waals surface area contributed by atoms with E-state index in [1.165, 1.54) is 11.1 Å². The van der Waals surface area contributed by atoms with Gasteiger partial charge in [-0.1, -0.05) is 18.2 Å². The first kappa shape index (κ1) is 14.6. The highest BCUT2D eigenvalue weighted by Gasteiger charge is 2.47. The predicted octanol–water partition coefficient (Wildman–Crippen LogP) is 3.67. The molecule has 1 saturated heterocycles. The molecule has 0 radical (unpaired) electrons. The number of likely N-dealkylation sites (tertiary alicyclic amines) is 1. The first-order chi connectivity index (χ1) is 9.87. The van der Waals surface area contributed by atoms with Crippen LogP contribution in [-0.4, -0.2) is 23.5 Å². The fourth-order valence-electron chi connectivity index (χ4n) is 4.08. The van der Waals surface area contributed by atoms with Gasteiger partial charge in [-0.05, 0) is 69.7 Å². The van der Waals surface area contributed by atoms with Gasteiger partial charge in [-0.2, -0.15) is 0 Å². The van der Waals surface area contributed by atoms with Crippen LogP contribution in [0.1, 0.15) is 50.8 Å². The van der Waals surface area contributed by atoms with Gasteiger partial charge in [-0.3, -0.25) is 4.90 Å². The molecule has 1 fully saturated rings. The largest absolute Gasteiger partial charge is 0.324 e. The summed E-state index contributed by atoms with van der Waals surface area (Å²) in [4.78, 5) is 6.25. The van der Waals surface area contributed by atoms with Crippen molar-refractivity contribution < 1.29 is 0 Å². The summed E-state index contributed by atoms with van der Waals surface area (Å²) >= 11 is 0. The van der Waals surface area contributed by atoms with Gasteiger partial charge in [-0.25, -0.2) is 4.85 Å². The molecule has 3 rings (SSSR count). The van der Waals surface area contributed by atoms with E-state index < -0.39 is 0 Å². The highest BCUT2D eigenvalue weighted by Crippen LogP contribution is 2.53. The topological polar surface area (TPSA) is 33.6 Å². The zero-order chi connectivity index (χ0) is 15.3. The Kier molecular flexibility index (Phi) is 3.35. The van der Waals surface area contributed by atoms with Gasteiger partial charge in [-0.15, -0.1) is 0 Å². The van der Waals surface area contributed by atoms with E-state index in [-0.39, 0.29) is 17.0 Å². The Balaban J connectivity index is 1.86. The van der Waals surface area contributed by atoms with Crippen molar-refractivity contribution in [3.63, 3.8) is 0 Å². The van der Waals surface area contributed by atoms with Crippen LogP contribution in [0.2, 0.25) is 0 Å². The lowest BCUT2D eigenvalue weighted by Gasteiger charge is -2.47. The van der Waals surface area contributed by atoms with Gasteiger partial charge in [0.1, 0.15) is 0 Å². The summed E-state index contributed by atoms with van der Waals surface area (Å²) in [5, 5.41) is 0. The van der Waals surface area contributed by atoms with E-state index in [9.17, 15) is 0 Å². The molecule has 21 heavy (non-hydrogen) atoms. The second kappa shape index (κ2) is 4.83. The molecule has 1 spiro atoms. The van der Waals surface area contributed by atoms with E-state index in [0.29, 0.717) is 0 Å². The molecule has 0 unspecified atom stereocenters. The Morgan fingerprint density at radius 3 is 2.52 bits per heavy atom. The van der Waals surface area contributed by atoms with E-state index in [0.717, 1.165) is 38.0 Å². The molecule has 1 heterocycles. The van der Waals surface area contributed by atoms with E-state index in [1.807, 2.05) is 12.1 Å². The van der Waals surface area contributed by atoms with E-state index in [1.54, 1.807) is 0 Å². The molecule has 112 valence electrons. The van der Waals surface area contributed by atoms with Gasteiger partial charge in [0, 0.05) is 11.6 Å². The van der Waals surface area contributed by atoms with Crippen LogP contribution in [0.5, 0.6) is 0 Å². The summed E-state index contributed by atoms with van der Waals surface area (Å²) in [5.41, 5.74) is 10.3. The second-order valence-electron chi connectivity index (χ2n) is 7.63. The normalized spacial score (nSPS) is 24.8. The van der Waals surface area contributed by atoms with Crippen LogP contribution in [0.4, 0.5) is 5.69 Å². The Labute approximate surface area is 128 Å². The van der Waals surface area contributed by atoms with Gasteiger partial charge < -0.3 is 5.73 Å². The number of hydrogen-bond donors (Lipinski definition) is 1. The van der Waals surface area contributed by atoms with Crippen LogP contribution in [0.3, 0.4) is 0 Å². The third-order valence-corrected chi connectivity index (χ3v) is 5.54. The summed E-state index contributed by atoms with van der Waals surface area (Å²) in [5.74, 6) is 0. The Morgan fingerprint density at radius 1 is 1.29 bits per heavy atom. The first-order valence-electron chi connectivity index (χ1n) is 7.87. The highest BCUT2D eigenvalue weighted by atomic mass is 15.2. The minimum Gasteiger partial charge on any atom is -0.324 e. The molecule has 1 aliphatic heterocycles. The van der Waals surface area contributed by atoms with Crippen LogP contribution >= 0.6 is 0 Å². The zero-order valence-corrected chi connectivity index (χ0v) is 13.3. The smallest absolute Gasteiger partial charge is 0.190 e. The van der Waals surface area contributed by atoms with Crippen LogP contribution < -0.4 is 5.73 Å². The lowest BCUT2D eigenvalue weighted by Crippen LogP contribution is -2.50. The molecule has 1 atom stereocenters. The van der Waals surface area contributed by atoms with Gasteiger partial charge in [0.15, 0.2) is 5.69 Å². The standard InChI is InChI=1S/C18H25N3/c1-17(2,3)21-10-8-18(9-11-21)12-14-13(16(18)19)6-5-7-15(14)20-4/h5-7,16H,8-12,19H2,1-3H3/t16-/m1/s1. The lowest BCUT2D eigenvalue weighted by atomic mass is 9.72. The third-order valence-electron chi connectivity index (χ3n) is 5.54. The SMILES string of the molecule is [C-]#[N+]c1cccc2c1CC1(CCN(C(C)(C)C)CC1)[C@@H]2N. The summed E-state index contributed by atoms with van der Waals surface area (Å²) in [7, 11) is 0. The van der Waals surface area contributed by atoms with E-state index >= 15 is 0 Å². The number of nitrogens with two attached hydrogens (primary N) is 1. The van der Waals surface area contributed by atoms with Crippen molar-refractivity contribution in [3.8, 4) is 0 Å². The van der Waals surface area contributed by atoms with Crippen molar-refractivity contribution in [2.45, 2.75) is 51.6 Å². The zero-order valence-electron chi connectivity index (χ0n) is 13.3. The lowest BCUT2D eigenvalue weighted by molar-refractivity contribution is 0.0346. The molecule has 2 aliphatic rings. The second-order valence-corrected chi connectivity index (χ2v) is 7.63. The van der Waals surface area contributed by atoms with E-state index in [4.69, 9.17) is 12.3 Å². The van der Waals surface area contributed by atoms with E-state index in [2.05, 4.69) is 36.6 Å². The number of rotatable bonds is 0. The van der Waals surface area contributed by atoms with Crippen molar-refractivity contribution in [2.75, 3.05) is 13.1 Å². The van der Waals surface area contributed by atoms with Crippen LogP contribution in [-0.2, 0) is 6.42 Å². The maximum absolute atomic E-state index is 7.37. The molecule has 3 heteroatoms. The summed E-state index contributed by atoms with van der Waals surface area (Å²) in [6.45, 7) is 16.4. The number of fused-ring (bicyclic) bond motifs is 1. The monoisotopic (exact) mass is 283 g/mol. The molecule has 0 aromatic heterocycles. The molecule has 1 aromatic carbocycles. The summed E-state index contributed by atoms with van der Waals surface area (Å²) in [6, 6.07) is 6.13. The highest BCUT2D eigenvalue weighted by molar-refractivity contribution is 5.59. The average molecular weight is 283 g/mol. The Hall–Kier alpha value is -1.37. The number of benzene rings is 1. The van der Waals surface area contributed by atoms with Gasteiger partial charge in [0.25, 0.3) is 0 Å². The fourth-order valence-corrected chi connectivity index (χ4v) is 4.08. The molecular weight excluding hydrogens is 258 g/mol. The number of nitrogens with zero attached hydrogens (tertiary/aromatic N) is 2. The number of piperidine rings is 1. The fraction of sp³-hybridized carbons (Fsp3) is 0.611. The van der Waals surface area contributed by atoms with Gasteiger partial charge >= 0.3 is 0 Å². The molecule has 0 saturated carbocycles. The predicted molar refractivity (Wildman–Crippen MR) is 86.3 cm³/mol. The third kappa shape index (κ3) is 2.27. The quantitative estimate of drug-likeness (QED) is 0.737. The average Bonchev–Trinajstić information content (AvgIpc) is 2.72. The minimum absolute atomic E-state index is 0.0938. The van der Waals surface area contributed by atoms with Crippen molar-refractivity contribution in [1.82, 2.24) is 4.90 Å². The summed E-state index contributed by atoms with van der Waals surface area (Å²) in [6.07, 6.45) is 3.26. The van der Waals surface area contributed by atoms with Crippen LogP contribution in [0, 0.1) is 12.0 Å². The van der Waals surface area contributed by atoms with Crippen molar-refractivity contribution in [2.24, 2.45) is 11.1 Å². The van der Waals surface area contributed by atoms with Gasteiger partial charge in [0.05, 0.1) is 6.57 Å². The minimum atomic E-state index is 0.0938. The molecule has 3 nitrogen and oxygen atoms in total. The van der Waals surface area contributed by atoms with Crippen LogP contribution in [0.25, 0.3) is 4.85 Å². The molecule has 1 aromatic rings. The summed E-state index contributed by atoms with van der Waals surface area (Å²) < 4.78 is 0. The molecular formula is C18H25N3. The van der Waals surface area contributed by atoms with Crippen LogP contribution in [0.15, 0.2) is 18.2 Å². The Bertz CT molecular complexity index is 583. The molecule has 0 bridgehead atoms. The maximum Gasteiger partial charge on any atom is 0.190 e.